The molecule has 3 nitrogen and oxygen atoms in total. The lowest BCUT2D eigenvalue weighted by Gasteiger charge is -2.00. The maximum Gasteiger partial charge on any atom is 0.153 e. The lowest BCUT2D eigenvalue weighted by Crippen LogP contribution is -2.06. The maximum atomic E-state index is 5.79. The highest BCUT2D eigenvalue weighted by Crippen LogP contribution is 2.39. The van der Waals surface area contributed by atoms with Crippen molar-refractivity contribution in [1.82, 2.24) is 5.16 Å². The Kier molecular flexibility index (Phi) is 1.89. The third-order valence-electron chi connectivity index (χ3n) is 2.35. The highest BCUT2D eigenvalue weighted by atomic mass is 16.5. The Morgan fingerprint density at radius 2 is 2.50 bits per heavy atom. The van der Waals surface area contributed by atoms with Crippen LogP contribution in [0.3, 0.4) is 0 Å². The summed E-state index contributed by atoms with van der Waals surface area (Å²) in [4.78, 5) is 0. The highest BCUT2D eigenvalue weighted by Gasteiger charge is 2.27. The van der Waals surface area contributed by atoms with E-state index in [1.165, 1.54) is 12.8 Å². The lowest BCUT2D eigenvalue weighted by molar-refractivity contribution is 0.354. The molecule has 1 unspecified atom stereocenters. The fourth-order valence-corrected chi connectivity index (χ4v) is 1.25. The van der Waals surface area contributed by atoms with Crippen molar-refractivity contribution in [2.45, 2.75) is 38.1 Å². The van der Waals surface area contributed by atoms with Crippen LogP contribution < -0.4 is 5.73 Å². The Morgan fingerprint density at radius 3 is 3.08 bits per heavy atom. The van der Waals surface area contributed by atoms with Gasteiger partial charge in [-0.2, -0.15) is 0 Å². The molecule has 1 aromatic rings. The van der Waals surface area contributed by atoms with E-state index in [-0.39, 0.29) is 6.04 Å². The van der Waals surface area contributed by atoms with Crippen molar-refractivity contribution in [3.05, 3.63) is 17.5 Å². The molecule has 0 aromatic carbocycles. The molecule has 1 aliphatic carbocycles. The second kappa shape index (κ2) is 2.90. The van der Waals surface area contributed by atoms with Crippen LogP contribution in [0, 0.1) is 0 Å². The second-order valence-electron chi connectivity index (χ2n) is 3.44. The van der Waals surface area contributed by atoms with Gasteiger partial charge < -0.3 is 10.3 Å². The number of nitrogens with two attached hydrogens (primary N) is 1. The molecule has 0 spiro atoms. The second-order valence-corrected chi connectivity index (χ2v) is 3.44. The summed E-state index contributed by atoms with van der Waals surface area (Å²) < 4.78 is 5.14. The number of hydrogen-bond acceptors (Lipinski definition) is 3. The minimum Gasteiger partial charge on any atom is -0.359 e. The van der Waals surface area contributed by atoms with Crippen LogP contribution in [0.25, 0.3) is 0 Å². The Labute approximate surface area is 71.9 Å². The minimum absolute atomic E-state index is 0.0185. The Balaban J connectivity index is 2.12. The van der Waals surface area contributed by atoms with E-state index in [4.69, 9.17) is 10.3 Å². The predicted octanol–water partition coefficient (Wildman–Crippen LogP) is 1.96. The van der Waals surface area contributed by atoms with Crippen LogP contribution in [-0.4, -0.2) is 5.16 Å². The SMILES string of the molecule is CCC(N)c1cc(C2CC2)no1. The molecule has 2 N–H and O–H groups in total. The Bertz CT molecular complexity index is 265. The first-order valence-corrected chi connectivity index (χ1v) is 4.53. The molecule has 1 fully saturated rings. The minimum atomic E-state index is 0.0185. The molecule has 3 heteroatoms. The highest BCUT2D eigenvalue weighted by molar-refractivity contribution is 5.17. The molecule has 66 valence electrons. The van der Waals surface area contributed by atoms with Crippen molar-refractivity contribution in [3.63, 3.8) is 0 Å². The molecular weight excluding hydrogens is 152 g/mol. The van der Waals surface area contributed by atoms with Crippen molar-refractivity contribution < 1.29 is 4.52 Å². The molecule has 1 atom stereocenters. The van der Waals surface area contributed by atoms with Crippen LogP contribution in [0.15, 0.2) is 10.6 Å². The first-order chi connectivity index (χ1) is 5.81. The summed E-state index contributed by atoms with van der Waals surface area (Å²) in [6.07, 6.45) is 3.42. The average molecular weight is 166 g/mol. The van der Waals surface area contributed by atoms with Gasteiger partial charge in [0.15, 0.2) is 5.76 Å². The summed E-state index contributed by atoms with van der Waals surface area (Å²) in [6.45, 7) is 2.05. The zero-order valence-electron chi connectivity index (χ0n) is 7.29. The number of rotatable bonds is 3. The van der Waals surface area contributed by atoms with Gasteiger partial charge >= 0.3 is 0 Å². The summed E-state index contributed by atoms with van der Waals surface area (Å²) in [5.41, 5.74) is 6.89. The third-order valence-corrected chi connectivity index (χ3v) is 2.35. The normalized spacial score (nSPS) is 19.5. The monoisotopic (exact) mass is 166 g/mol. The smallest absolute Gasteiger partial charge is 0.153 e. The number of nitrogens with zero attached hydrogens (tertiary/aromatic N) is 1. The van der Waals surface area contributed by atoms with Crippen LogP contribution in [0.4, 0.5) is 0 Å². The largest absolute Gasteiger partial charge is 0.359 e. The van der Waals surface area contributed by atoms with Gasteiger partial charge in [-0.25, -0.2) is 0 Å². The van der Waals surface area contributed by atoms with Gasteiger partial charge in [-0.1, -0.05) is 12.1 Å². The van der Waals surface area contributed by atoms with Gasteiger partial charge in [0.1, 0.15) is 0 Å². The van der Waals surface area contributed by atoms with E-state index in [0.717, 1.165) is 17.9 Å². The fourth-order valence-electron chi connectivity index (χ4n) is 1.25. The molecule has 1 heterocycles. The molecule has 0 saturated heterocycles. The molecule has 0 radical (unpaired) electrons. The van der Waals surface area contributed by atoms with Crippen molar-refractivity contribution in [2.75, 3.05) is 0 Å². The van der Waals surface area contributed by atoms with E-state index in [2.05, 4.69) is 5.16 Å². The van der Waals surface area contributed by atoms with Crippen molar-refractivity contribution in [2.24, 2.45) is 5.73 Å². The molecule has 1 saturated carbocycles. The van der Waals surface area contributed by atoms with Gasteiger partial charge in [-0.15, -0.1) is 0 Å². The quantitative estimate of drug-likeness (QED) is 0.746. The molecule has 2 rings (SSSR count). The van der Waals surface area contributed by atoms with Crippen LogP contribution >= 0.6 is 0 Å². The zero-order valence-corrected chi connectivity index (χ0v) is 7.29. The van der Waals surface area contributed by atoms with Gasteiger partial charge in [0.2, 0.25) is 0 Å². The molecule has 0 amide bonds. The van der Waals surface area contributed by atoms with E-state index in [1.807, 2.05) is 13.0 Å². The van der Waals surface area contributed by atoms with E-state index in [9.17, 15) is 0 Å². The van der Waals surface area contributed by atoms with Crippen LogP contribution in [0.5, 0.6) is 0 Å². The van der Waals surface area contributed by atoms with Crippen molar-refractivity contribution >= 4 is 0 Å². The van der Waals surface area contributed by atoms with E-state index in [0.29, 0.717) is 5.92 Å². The predicted molar refractivity (Wildman–Crippen MR) is 45.7 cm³/mol. The van der Waals surface area contributed by atoms with E-state index in [1.54, 1.807) is 0 Å². The van der Waals surface area contributed by atoms with Crippen LogP contribution in [0.2, 0.25) is 0 Å². The van der Waals surface area contributed by atoms with Crippen molar-refractivity contribution in [1.29, 1.82) is 0 Å². The fraction of sp³-hybridized carbons (Fsp3) is 0.667. The van der Waals surface area contributed by atoms with Gasteiger partial charge in [0.05, 0.1) is 11.7 Å². The molecule has 1 aromatic heterocycles. The summed E-state index contributed by atoms with van der Waals surface area (Å²) >= 11 is 0. The van der Waals surface area contributed by atoms with Gasteiger partial charge in [-0.05, 0) is 19.3 Å². The van der Waals surface area contributed by atoms with E-state index >= 15 is 0 Å². The Morgan fingerprint density at radius 1 is 1.75 bits per heavy atom. The first kappa shape index (κ1) is 7.80. The number of aromatic nitrogens is 1. The van der Waals surface area contributed by atoms with Crippen LogP contribution in [0.1, 0.15) is 49.6 Å². The zero-order chi connectivity index (χ0) is 8.55. The van der Waals surface area contributed by atoms with Crippen molar-refractivity contribution in [3.8, 4) is 0 Å². The molecule has 12 heavy (non-hydrogen) atoms. The van der Waals surface area contributed by atoms with Gasteiger partial charge in [0.25, 0.3) is 0 Å². The molecular formula is C9H14N2O. The summed E-state index contributed by atoms with van der Waals surface area (Å²) in [5.74, 6) is 1.49. The Hall–Kier alpha value is -0.830. The average Bonchev–Trinajstić information content (AvgIpc) is 2.83. The molecule has 0 bridgehead atoms. The standard InChI is InChI=1S/C9H14N2O/c1-2-7(10)9-5-8(11-12-9)6-3-4-6/h5-7H,2-4,10H2,1H3. The molecule has 1 aliphatic rings. The van der Waals surface area contributed by atoms with Crippen LogP contribution in [-0.2, 0) is 0 Å². The number of hydrogen-bond donors (Lipinski definition) is 1. The summed E-state index contributed by atoms with van der Waals surface area (Å²) in [6, 6.07) is 2.02. The molecule has 0 aliphatic heterocycles. The lowest BCUT2D eigenvalue weighted by atomic mass is 10.1. The maximum absolute atomic E-state index is 5.79. The van der Waals surface area contributed by atoms with Gasteiger partial charge in [-0.3, -0.25) is 0 Å². The third kappa shape index (κ3) is 1.37. The first-order valence-electron chi connectivity index (χ1n) is 4.53. The summed E-state index contributed by atoms with van der Waals surface area (Å²) in [7, 11) is 0. The van der Waals surface area contributed by atoms with E-state index < -0.39 is 0 Å². The van der Waals surface area contributed by atoms with Gasteiger partial charge in [0, 0.05) is 12.0 Å². The summed E-state index contributed by atoms with van der Waals surface area (Å²) in [5, 5.41) is 3.99. The topological polar surface area (TPSA) is 52.0 Å².